The Balaban J connectivity index is 0.000000273. The quantitative estimate of drug-likeness (QED) is 0.444. The standard InChI is InChI=1S/C17H17NO3.C9H12N2O/c1-12(19)18-16(17(20)21)11-13-7-9-15(10-8-13)14-5-3-2-4-6-14;1-11-9(12)8(10)7-5-3-2-4-6-7/h2-10,16H,11H2,1H3,(H,18,19)(H,20,21);2-6,8H,10H2,1H3,(H,11,12)/t16-;8-/m01/s1. The van der Waals surface area contributed by atoms with Gasteiger partial charge in [0.2, 0.25) is 11.8 Å². The Morgan fingerprint density at radius 3 is 1.85 bits per heavy atom. The van der Waals surface area contributed by atoms with E-state index in [-0.39, 0.29) is 18.2 Å². The third-order valence-electron chi connectivity index (χ3n) is 4.86. The van der Waals surface area contributed by atoms with Gasteiger partial charge in [0.05, 0.1) is 0 Å². The van der Waals surface area contributed by atoms with Crippen LogP contribution < -0.4 is 16.4 Å². The van der Waals surface area contributed by atoms with Gasteiger partial charge in [-0.05, 0) is 22.3 Å². The molecule has 0 aromatic heterocycles. The third kappa shape index (κ3) is 8.23. The third-order valence-corrected chi connectivity index (χ3v) is 4.86. The summed E-state index contributed by atoms with van der Waals surface area (Å²) in [4.78, 5) is 33.2. The Bertz CT molecular complexity index is 1040. The summed E-state index contributed by atoms with van der Waals surface area (Å²) in [5.41, 5.74) is 9.53. The number of hydrogen-bond acceptors (Lipinski definition) is 4. The second-order valence-corrected chi connectivity index (χ2v) is 7.36. The van der Waals surface area contributed by atoms with E-state index in [0.717, 1.165) is 22.3 Å². The van der Waals surface area contributed by atoms with Crippen LogP contribution in [0.2, 0.25) is 0 Å². The van der Waals surface area contributed by atoms with Gasteiger partial charge in [0.25, 0.3) is 0 Å². The molecule has 3 aromatic carbocycles. The van der Waals surface area contributed by atoms with Gasteiger partial charge in [0.15, 0.2) is 0 Å². The van der Waals surface area contributed by atoms with E-state index in [4.69, 9.17) is 10.8 Å². The first-order valence-electron chi connectivity index (χ1n) is 10.5. The fourth-order valence-corrected chi connectivity index (χ4v) is 3.11. The van der Waals surface area contributed by atoms with Crippen molar-refractivity contribution in [2.24, 2.45) is 5.73 Å². The number of rotatable bonds is 7. The zero-order valence-corrected chi connectivity index (χ0v) is 18.7. The number of likely N-dealkylation sites (N-methyl/N-ethyl adjacent to an activating group) is 1. The molecule has 7 heteroatoms. The lowest BCUT2D eigenvalue weighted by molar-refractivity contribution is -0.141. The second-order valence-electron chi connectivity index (χ2n) is 7.36. The molecule has 0 aliphatic rings. The van der Waals surface area contributed by atoms with E-state index in [1.165, 1.54) is 6.92 Å². The highest BCUT2D eigenvalue weighted by molar-refractivity contribution is 5.83. The number of carbonyl (C=O) groups is 3. The lowest BCUT2D eigenvalue weighted by atomic mass is 10.0. The van der Waals surface area contributed by atoms with Crippen molar-refractivity contribution >= 4 is 17.8 Å². The molecular weight excluding hydrogens is 418 g/mol. The lowest BCUT2D eigenvalue weighted by Gasteiger charge is -2.13. The number of benzene rings is 3. The summed E-state index contributed by atoms with van der Waals surface area (Å²) in [5, 5.41) is 14.0. The van der Waals surface area contributed by atoms with Crippen LogP contribution in [0.1, 0.15) is 24.1 Å². The lowest BCUT2D eigenvalue weighted by Crippen LogP contribution is -2.41. The second kappa shape index (κ2) is 12.8. The molecule has 0 saturated heterocycles. The van der Waals surface area contributed by atoms with Crippen molar-refractivity contribution in [2.75, 3.05) is 7.05 Å². The Morgan fingerprint density at radius 1 is 0.848 bits per heavy atom. The molecule has 2 atom stereocenters. The van der Waals surface area contributed by atoms with Crippen LogP contribution in [0.25, 0.3) is 11.1 Å². The van der Waals surface area contributed by atoms with E-state index >= 15 is 0 Å². The van der Waals surface area contributed by atoms with Crippen LogP contribution in [0, 0.1) is 0 Å². The fourth-order valence-electron chi connectivity index (χ4n) is 3.11. The SMILES string of the molecule is CC(=O)N[C@@H](Cc1ccc(-c2ccccc2)cc1)C(=O)O.CNC(=O)[C@H](N)c1ccccc1. The molecule has 5 N–H and O–H groups in total. The predicted molar refractivity (Wildman–Crippen MR) is 128 cm³/mol. The molecule has 3 rings (SSSR count). The van der Waals surface area contributed by atoms with Crippen LogP contribution >= 0.6 is 0 Å². The largest absolute Gasteiger partial charge is 0.480 e. The van der Waals surface area contributed by atoms with Gasteiger partial charge in [-0.2, -0.15) is 0 Å². The van der Waals surface area contributed by atoms with E-state index < -0.39 is 18.1 Å². The molecule has 2 amide bonds. The van der Waals surface area contributed by atoms with Crippen molar-refractivity contribution < 1.29 is 19.5 Å². The minimum absolute atomic E-state index is 0.166. The zero-order chi connectivity index (χ0) is 24.2. The molecule has 0 aliphatic heterocycles. The Hall–Kier alpha value is -3.97. The molecule has 0 unspecified atom stereocenters. The summed E-state index contributed by atoms with van der Waals surface area (Å²) < 4.78 is 0. The number of aliphatic carboxylic acids is 1. The first-order chi connectivity index (χ1) is 15.8. The normalized spacial score (nSPS) is 11.8. The number of amides is 2. The van der Waals surface area contributed by atoms with Crippen LogP contribution in [0.3, 0.4) is 0 Å². The average Bonchev–Trinajstić information content (AvgIpc) is 2.84. The van der Waals surface area contributed by atoms with Crippen LogP contribution in [0.5, 0.6) is 0 Å². The van der Waals surface area contributed by atoms with Crippen molar-refractivity contribution in [3.05, 3.63) is 96.1 Å². The van der Waals surface area contributed by atoms with Crippen LogP contribution in [0.15, 0.2) is 84.9 Å². The number of hydrogen-bond donors (Lipinski definition) is 4. The van der Waals surface area contributed by atoms with Gasteiger partial charge in [-0.25, -0.2) is 4.79 Å². The van der Waals surface area contributed by atoms with Crippen molar-refractivity contribution in [3.8, 4) is 11.1 Å². The van der Waals surface area contributed by atoms with Crippen molar-refractivity contribution in [1.29, 1.82) is 0 Å². The number of carboxylic acid groups (broad SMARTS) is 1. The van der Waals surface area contributed by atoms with Crippen molar-refractivity contribution in [2.45, 2.75) is 25.4 Å². The van der Waals surface area contributed by atoms with E-state index in [1.54, 1.807) is 7.05 Å². The van der Waals surface area contributed by atoms with E-state index in [1.807, 2.05) is 84.9 Å². The molecule has 33 heavy (non-hydrogen) atoms. The molecule has 3 aromatic rings. The highest BCUT2D eigenvalue weighted by Crippen LogP contribution is 2.19. The topological polar surface area (TPSA) is 122 Å². The number of carbonyl (C=O) groups excluding carboxylic acids is 2. The summed E-state index contributed by atoms with van der Waals surface area (Å²) in [5.74, 6) is -1.54. The van der Waals surface area contributed by atoms with Crippen molar-refractivity contribution in [3.63, 3.8) is 0 Å². The fraction of sp³-hybridized carbons (Fsp3) is 0.192. The van der Waals surface area contributed by atoms with Gasteiger partial charge in [-0.3, -0.25) is 9.59 Å². The van der Waals surface area contributed by atoms with Gasteiger partial charge in [0, 0.05) is 20.4 Å². The minimum Gasteiger partial charge on any atom is -0.480 e. The molecular formula is C26H29N3O4. The van der Waals surface area contributed by atoms with Gasteiger partial charge in [-0.15, -0.1) is 0 Å². The molecule has 0 saturated carbocycles. The zero-order valence-electron chi connectivity index (χ0n) is 18.7. The molecule has 0 bridgehead atoms. The number of nitrogens with two attached hydrogens (primary N) is 1. The summed E-state index contributed by atoms with van der Waals surface area (Å²) in [7, 11) is 1.57. The monoisotopic (exact) mass is 447 g/mol. The van der Waals surface area contributed by atoms with Crippen LogP contribution in [-0.2, 0) is 20.8 Å². The molecule has 7 nitrogen and oxygen atoms in total. The smallest absolute Gasteiger partial charge is 0.326 e. The van der Waals surface area contributed by atoms with Gasteiger partial charge in [0.1, 0.15) is 12.1 Å². The average molecular weight is 448 g/mol. The molecule has 0 heterocycles. The molecule has 172 valence electrons. The van der Waals surface area contributed by atoms with Gasteiger partial charge in [-0.1, -0.05) is 84.9 Å². The Morgan fingerprint density at radius 2 is 1.36 bits per heavy atom. The summed E-state index contributed by atoms with van der Waals surface area (Å²) in [6.45, 7) is 1.31. The van der Waals surface area contributed by atoms with Gasteiger partial charge < -0.3 is 21.5 Å². The Kier molecular flexibility index (Phi) is 9.80. The molecule has 0 fully saturated rings. The minimum atomic E-state index is -1.03. The summed E-state index contributed by atoms with van der Waals surface area (Å²) in [6, 6.07) is 25.5. The first-order valence-corrected chi connectivity index (χ1v) is 10.5. The van der Waals surface area contributed by atoms with E-state index in [0.29, 0.717) is 0 Å². The molecule has 0 radical (unpaired) electrons. The van der Waals surface area contributed by atoms with E-state index in [9.17, 15) is 14.4 Å². The molecule has 0 aliphatic carbocycles. The maximum atomic E-state index is 11.1. The molecule has 0 spiro atoms. The summed E-state index contributed by atoms with van der Waals surface area (Å²) in [6.07, 6.45) is 0.268. The predicted octanol–water partition coefficient (Wildman–Crippen LogP) is 2.92. The maximum Gasteiger partial charge on any atom is 0.326 e. The number of carboxylic acids is 1. The summed E-state index contributed by atoms with van der Waals surface area (Å²) >= 11 is 0. The van der Waals surface area contributed by atoms with Crippen LogP contribution in [-0.4, -0.2) is 36.0 Å². The highest BCUT2D eigenvalue weighted by atomic mass is 16.4. The van der Waals surface area contributed by atoms with Crippen molar-refractivity contribution in [1.82, 2.24) is 10.6 Å². The van der Waals surface area contributed by atoms with Gasteiger partial charge >= 0.3 is 5.97 Å². The Labute approximate surface area is 193 Å². The van der Waals surface area contributed by atoms with E-state index in [2.05, 4.69) is 10.6 Å². The van der Waals surface area contributed by atoms with Crippen LogP contribution in [0.4, 0.5) is 0 Å². The highest BCUT2D eigenvalue weighted by Gasteiger charge is 2.18. The maximum absolute atomic E-state index is 11.1. The number of nitrogens with one attached hydrogen (secondary N) is 2. The first kappa shape index (κ1) is 25.3.